The number of hydrogen-bond acceptors (Lipinski definition) is 2. The highest BCUT2D eigenvalue weighted by Crippen LogP contribution is 2.41. The molecule has 0 amide bonds. The zero-order chi connectivity index (χ0) is 55.8. The first-order valence-corrected chi connectivity index (χ1v) is 23.2. The number of fused-ring (bicyclic) bond motifs is 4. The van der Waals surface area contributed by atoms with Gasteiger partial charge in [0.25, 0.3) is 6.33 Å². The van der Waals surface area contributed by atoms with E-state index in [9.17, 15) is 0 Å². The Morgan fingerprint density at radius 3 is 1.73 bits per heavy atom. The second kappa shape index (κ2) is 17.8. The lowest BCUT2D eigenvalue weighted by atomic mass is 9.95. The number of para-hydroxylation sites is 5. The van der Waals surface area contributed by atoms with Crippen LogP contribution in [0.25, 0.3) is 94.5 Å². The van der Waals surface area contributed by atoms with Crippen molar-refractivity contribution in [2.45, 2.75) is 0 Å². The van der Waals surface area contributed by atoms with Gasteiger partial charge in [0.2, 0.25) is 0 Å². The summed E-state index contributed by atoms with van der Waals surface area (Å²) in [5, 5.41) is 2.14. The number of benzene rings is 10. The molecule has 0 aliphatic carbocycles. The van der Waals surface area contributed by atoms with Crippen LogP contribution in [0.2, 0.25) is 0 Å². The summed E-state index contributed by atoms with van der Waals surface area (Å²) in [5.41, 5.74) is 11.1. The van der Waals surface area contributed by atoms with Gasteiger partial charge in [0.05, 0.1) is 47.1 Å². The Hall–Kier alpha value is -9.58. The van der Waals surface area contributed by atoms with Crippen molar-refractivity contribution in [2.24, 2.45) is 0 Å². The van der Waals surface area contributed by atoms with Crippen LogP contribution in [-0.4, -0.2) is 14.1 Å². The van der Waals surface area contributed by atoms with Crippen LogP contribution in [-0.2, 0) is 0 Å². The third-order valence-electron chi connectivity index (χ3n) is 12.9. The molecule has 3 aromatic heterocycles. The topological polar surface area (TPSA) is 29.9 Å². The molecule has 5 heteroatoms. The van der Waals surface area contributed by atoms with Gasteiger partial charge in [-0.25, -0.2) is 4.98 Å². The van der Waals surface area contributed by atoms with Crippen LogP contribution in [0, 0.1) is 6.33 Å². The predicted octanol–water partition coefficient (Wildman–Crippen LogP) is 16.3. The van der Waals surface area contributed by atoms with Gasteiger partial charge in [0, 0.05) is 34.0 Å². The first kappa shape index (κ1) is 32.2. The molecule has 13 rings (SSSR count). The number of hydrogen-bond donors (Lipinski definition) is 0. The second-order valence-corrected chi connectivity index (χ2v) is 17.1. The SMILES string of the molecule is [2H]c1c([2H])c([2H])c(-c2cccc(-c3c([2H])c([2H])c([2H])c([2H])c3[2H])c2-[n+]2[c-]n(-c3cccc(N(c4ccccc4)c4ccc5c6ccccc6n(-c6cc(-c7ccc(-c8ccccc8)cc7)ccn6)c5c4)c3)c3ccccc32)c([2H])c1[2H]. The molecule has 0 N–H and O–H groups in total. The van der Waals surface area contributed by atoms with Crippen LogP contribution < -0.4 is 9.47 Å². The normalized spacial score (nSPS) is 13.4. The van der Waals surface area contributed by atoms with Crippen LogP contribution >= 0.6 is 0 Å². The van der Waals surface area contributed by atoms with E-state index in [0.717, 1.165) is 66.9 Å². The van der Waals surface area contributed by atoms with Crippen LogP contribution in [0.3, 0.4) is 0 Å². The maximum Gasteiger partial charge on any atom is 0.269 e. The number of imidazole rings is 1. The average Bonchev–Trinajstić information content (AvgIpc) is 4.24. The minimum atomic E-state index is -0.566. The minimum Gasteiger partial charge on any atom is -0.311 e. The van der Waals surface area contributed by atoms with Crippen LogP contribution in [0.5, 0.6) is 0 Å². The molecule has 0 spiro atoms. The highest BCUT2D eigenvalue weighted by molar-refractivity contribution is 6.10. The van der Waals surface area contributed by atoms with Crippen molar-refractivity contribution in [3.05, 3.63) is 279 Å². The molecule has 334 valence electrons. The number of anilines is 3. The maximum absolute atomic E-state index is 9.13. The first-order valence-electron chi connectivity index (χ1n) is 28.2. The number of rotatable bonds is 10. The molecule has 3 heterocycles. The fraction of sp³-hybridized carbons (Fsp3) is 0. The molecule has 0 radical (unpaired) electrons. The van der Waals surface area contributed by atoms with Gasteiger partial charge < -0.3 is 4.90 Å². The van der Waals surface area contributed by atoms with Gasteiger partial charge >= 0.3 is 0 Å². The summed E-state index contributed by atoms with van der Waals surface area (Å²) in [4.78, 5) is 7.19. The van der Waals surface area contributed by atoms with Crippen LogP contribution in [0.15, 0.2) is 273 Å². The standard InChI is InChI=1S/C66H45N5/c1-5-19-47(20-6-1)48-35-37-49(38-36-48)52-41-42-67-65(43-52)71-61-32-14-13-29-59(61)60-40-39-56(45-64(60)71)70(53-25-11-4-12-26-53)55-28-17-27-54(44-55)68-46-69(63-34-16-15-33-62(63)68)66-57(50-21-7-2-8-22-50)30-18-31-58(66)51-23-9-3-10-24-51/h1-45H/i2D,3D,7D,8D,9D,10D,21D,22D,23D,24D. The zero-order valence-electron chi connectivity index (χ0n) is 47.9. The number of pyridine rings is 1. The first-order chi connectivity index (χ1) is 39.4. The summed E-state index contributed by atoms with van der Waals surface area (Å²) < 4.78 is 93.8. The monoisotopic (exact) mass is 917 g/mol. The fourth-order valence-corrected chi connectivity index (χ4v) is 9.72. The minimum absolute atomic E-state index is 0.128. The van der Waals surface area contributed by atoms with Crippen LogP contribution in [0.1, 0.15) is 13.7 Å². The molecule has 0 fully saturated rings. The summed E-state index contributed by atoms with van der Waals surface area (Å²) in [5.74, 6) is 0.766. The third-order valence-corrected chi connectivity index (χ3v) is 12.9. The molecule has 71 heavy (non-hydrogen) atoms. The third kappa shape index (κ3) is 7.54. The zero-order valence-corrected chi connectivity index (χ0v) is 37.9. The van der Waals surface area contributed by atoms with Gasteiger partial charge in [-0.3, -0.25) is 13.7 Å². The molecular formula is C66H45N5. The van der Waals surface area contributed by atoms with E-state index in [0.29, 0.717) is 16.7 Å². The lowest BCUT2D eigenvalue weighted by Gasteiger charge is -2.26. The highest BCUT2D eigenvalue weighted by Gasteiger charge is 2.22. The molecule has 0 saturated heterocycles. The Bertz CT molecular complexity index is 4510. The maximum atomic E-state index is 9.13. The predicted molar refractivity (Wildman–Crippen MR) is 292 cm³/mol. The summed E-state index contributed by atoms with van der Waals surface area (Å²) in [6.07, 6.45) is 5.40. The van der Waals surface area contributed by atoms with E-state index in [2.05, 4.69) is 107 Å². The van der Waals surface area contributed by atoms with Crippen molar-refractivity contribution in [1.29, 1.82) is 0 Å². The lowest BCUT2D eigenvalue weighted by molar-refractivity contribution is -0.571. The molecule has 0 unspecified atom stereocenters. The molecule has 10 aromatic carbocycles. The number of nitrogens with zero attached hydrogens (tertiary/aromatic N) is 5. The van der Waals surface area contributed by atoms with Gasteiger partial charge in [-0.1, -0.05) is 206 Å². The average molecular weight is 918 g/mol. The van der Waals surface area contributed by atoms with Crippen molar-refractivity contribution >= 4 is 49.9 Å². The number of aromatic nitrogens is 4. The highest BCUT2D eigenvalue weighted by atomic mass is 15.2. The van der Waals surface area contributed by atoms with E-state index in [4.69, 9.17) is 18.7 Å². The van der Waals surface area contributed by atoms with Crippen LogP contribution in [0.4, 0.5) is 17.1 Å². The van der Waals surface area contributed by atoms with Gasteiger partial charge in [-0.15, -0.1) is 0 Å². The van der Waals surface area contributed by atoms with Crippen molar-refractivity contribution in [1.82, 2.24) is 14.1 Å². The second-order valence-electron chi connectivity index (χ2n) is 17.1. The Balaban J connectivity index is 0.983. The summed E-state index contributed by atoms with van der Waals surface area (Å²) in [7, 11) is 0. The quantitative estimate of drug-likeness (QED) is 0.101. The Morgan fingerprint density at radius 2 is 1.00 bits per heavy atom. The molecule has 0 bridgehead atoms. The molecule has 13 aromatic rings. The van der Waals surface area contributed by atoms with Gasteiger partial charge in [-0.05, 0) is 105 Å². The van der Waals surface area contributed by atoms with Crippen molar-refractivity contribution in [3.8, 4) is 61.7 Å². The van der Waals surface area contributed by atoms with Gasteiger partial charge in [0.15, 0.2) is 0 Å². The fourth-order valence-electron chi connectivity index (χ4n) is 9.72. The molecule has 0 saturated carbocycles. The Morgan fingerprint density at radius 1 is 0.423 bits per heavy atom. The van der Waals surface area contributed by atoms with Crippen molar-refractivity contribution < 1.29 is 18.3 Å². The molecule has 5 nitrogen and oxygen atoms in total. The smallest absolute Gasteiger partial charge is 0.269 e. The lowest BCUT2D eigenvalue weighted by Crippen LogP contribution is -2.31. The van der Waals surface area contributed by atoms with Gasteiger partial charge in [-0.2, -0.15) is 0 Å². The van der Waals surface area contributed by atoms with Gasteiger partial charge in [0.1, 0.15) is 5.82 Å². The summed E-state index contributed by atoms with van der Waals surface area (Å²) >= 11 is 0. The summed E-state index contributed by atoms with van der Waals surface area (Å²) in [6, 6.07) is 63.1. The van der Waals surface area contributed by atoms with E-state index in [1.807, 2.05) is 108 Å². The van der Waals surface area contributed by atoms with Crippen molar-refractivity contribution in [2.75, 3.05) is 4.90 Å². The molecule has 0 aliphatic rings. The molecule has 0 atom stereocenters. The van der Waals surface area contributed by atoms with E-state index in [1.54, 1.807) is 22.8 Å². The van der Waals surface area contributed by atoms with E-state index in [1.165, 1.54) is 0 Å². The Kier molecular flexibility index (Phi) is 8.09. The van der Waals surface area contributed by atoms with E-state index >= 15 is 0 Å². The van der Waals surface area contributed by atoms with E-state index in [-0.39, 0.29) is 27.9 Å². The van der Waals surface area contributed by atoms with Crippen molar-refractivity contribution in [3.63, 3.8) is 0 Å². The summed E-state index contributed by atoms with van der Waals surface area (Å²) in [6.45, 7) is 0. The largest absolute Gasteiger partial charge is 0.311 e. The molecular weight excluding hydrogens is 863 g/mol. The van der Waals surface area contributed by atoms with E-state index < -0.39 is 60.4 Å². The Labute approximate surface area is 426 Å². The molecule has 0 aliphatic heterocycles.